The first kappa shape index (κ1) is 22.8. The number of rotatable bonds is 7. The number of hydrogen-bond donors (Lipinski definition) is 0. The van der Waals surface area contributed by atoms with E-state index in [2.05, 4.69) is 48.5 Å². The lowest BCUT2D eigenvalue weighted by molar-refractivity contribution is -0.385. The van der Waals surface area contributed by atoms with Crippen LogP contribution in [0.4, 0.5) is 5.69 Å². The zero-order chi connectivity index (χ0) is 22.7. The van der Waals surface area contributed by atoms with Crippen molar-refractivity contribution in [2.75, 3.05) is 6.61 Å². The number of aromatic nitrogens is 2. The molecule has 0 N–H and O–H groups in total. The number of fused-ring (bicyclic) bond motifs is 1. The Balaban J connectivity index is 2.14. The molecule has 3 aromatic rings. The van der Waals surface area contributed by atoms with Crippen LogP contribution in [0.25, 0.3) is 10.9 Å². The van der Waals surface area contributed by atoms with Crippen LogP contribution >= 0.6 is 31.9 Å². The monoisotopic (exact) mass is 548 g/mol. The first-order valence-electron chi connectivity index (χ1n) is 9.21. The summed E-state index contributed by atoms with van der Waals surface area (Å²) in [5.74, 6) is 0.503. The largest absolute Gasteiger partial charge is 0.482 e. The SMILES string of the molecule is C=CCOc1c(Br)cc(C=Nn2c(C(C)C)nc3ccc(Br)cc3c2=O)cc1[N+](=O)[O-]. The molecule has 1 heterocycles. The van der Waals surface area contributed by atoms with Crippen LogP contribution in [-0.2, 0) is 0 Å². The van der Waals surface area contributed by atoms with E-state index in [-0.39, 0.29) is 29.5 Å². The molecule has 0 radical (unpaired) electrons. The van der Waals surface area contributed by atoms with Crippen LogP contribution in [0.15, 0.2) is 61.8 Å². The molecule has 1 aromatic heterocycles. The van der Waals surface area contributed by atoms with Gasteiger partial charge >= 0.3 is 5.69 Å². The van der Waals surface area contributed by atoms with Crippen molar-refractivity contribution in [2.45, 2.75) is 19.8 Å². The van der Waals surface area contributed by atoms with Crippen molar-refractivity contribution in [3.63, 3.8) is 0 Å². The van der Waals surface area contributed by atoms with Crippen LogP contribution in [0.5, 0.6) is 5.75 Å². The third-order valence-electron chi connectivity index (χ3n) is 4.26. The Morgan fingerprint density at radius 2 is 2.06 bits per heavy atom. The fourth-order valence-electron chi connectivity index (χ4n) is 2.87. The topological polar surface area (TPSA) is 99.6 Å². The van der Waals surface area contributed by atoms with Crippen molar-refractivity contribution in [2.24, 2.45) is 5.10 Å². The van der Waals surface area contributed by atoms with E-state index in [1.165, 1.54) is 23.0 Å². The van der Waals surface area contributed by atoms with Crippen LogP contribution in [-0.4, -0.2) is 27.4 Å². The first-order chi connectivity index (χ1) is 14.7. The molecule has 0 saturated carbocycles. The summed E-state index contributed by atoms with van der Waals surface area (Å²) in [5.41, 5.74) is 0.436. The maximum atomic E-state index is 13.1. The molecule has 0 saturated heterocycles. The van der Waals surface area contributed by atoms with E-state index in [1.807, 2.05) is 19.9 Å². The summed E-state index contributed by atoms with van der Waals surface area (Å²) >= 11 is 6.67. The van der Waals surface area contributed by atoms with Gasteiger partial charge in [0.2, 0.25) is 5.75 Å². The minimum absolute atomic E-state index is 0.0753. The fourth-order valence-corrected chi connectivity index (χ4v) is 3.81. The quantitative estimate of drug-likeness (QED) is 0.170. The van der Waals surface area contributed by atoms with Crippen molar-refractivity contribution in [3.8, 4) is 5.75 Å². The van der Waals surface area contributed by atoms with Crippen LogP contribution < -0.4 is 10.3 Å². The fraction of sp³-hybridized carbons (Fsp3) is 0.190. The third-order valence-corrected chi connectivity index (χ3v) is 5.34. The van der Waals surface area contributed by atoms with Gasteiger partial charge in [0, 0.05) is 22.0 Å². The molecule has 0 bridgehead atoms. The number of halogens is 2. The van der Waals surface area contributed by atoms with Crippen LogP contribution in [0.1, 0.15) is 31.2 Å². The molecule has 8 nitrogen and oxygen atoms in total. The van der Waals surface area contributed by atoms with Gasteiger partial charge in [-0.25, -0.2) is 4.98 Å². The van der Waals surface area contributed by atoms with Gasteiger partial charge in [0.1, 0.15) is 12.4 Å². The van der Waals surface area contributed by atoms with Gasteiger partial charge in [-0.3, -0.25) is 14.9 Å². The van der Waals surface area contributed by atoms with E-state index in [1.54, 1.807) is 18.2 Å². The second-order valence-corrected chi connectivity index (χ2v) is 8.63. The Bertz CT molecular complexity index is 1270. The molecule has 0 spiro atoms. The van der Waals surface area contributed by atoms with Crippen LogP contribution in [0.3, 0.4) is 0 Å². The number of nitrogens with zero attached hydrogens (tertiary/aromatic N) is 4. The number of ether oxygens (including phenoxy) is 1. The highest BCUT2D eigenvalue weighted by atomic mass is 79.9. The van der Waals surface area contributed by atoms with Gasteiger partial charge in [-0.05, 0) is 40.2 Å². The van der Waals surface area contributed by atoms with Crippen molar-refractivity contribution in [1.29, 1.82) is 0 Å². The van der Waals surface area contributed by atoms with Crippen molar-refractivity contribution < 1.29 is 9.66 Å². The lowest BCUT2D eigenvalue weighted by atomic mass is 10.2. The summed E-state index contributed by atoms with van der Waals surface area (Å²) in [6, 6.07) is 8.23. The summed E-state index contributed by atoms with van der Waals surface area (Å²) in [7, 11) is 0. The maximum Gasteiger partial charge on any atom is 0.312 e. The van der Waals surface area contributed by atoms with Gasteiger partial charge in [0.25, 0.3) is 5.56 Å². The van der Waals surface area contributed by atoms with Gasteiger partial charge in [-0.15, -0.1) is 0 Å². The van der Waals surface area contributed by atoms with E-state index >= 15 is 0 Å². The zero-order valence-electron chi connectivity index (χ0n) is 16.7. The van der Waals surface area contributed by atoms with Gasteiger partial charge in [-0.2, -0.15) is 9.78 Å². The average Bonchev–Trinajstić information content (AvgIpc) is 2.72. The predicted octanol–water partition coefficient (Wildman–Crippen LogP) is 5.40. The molecule has 10 heteroatoms. The molecule has 0 fully saturated rings. The smallest absolute Gasteiger partial charge is 0.312 e. The molecule has 2 aromatic carbocycles. The van der Waals surface area contributed by atoms with E-state index < -0.39 is 4.92 Å². The van der Waals surface area contributed by atoms with E-state index in [4.69, 9.17) is 4.74 Å². The molecule has 0 unspecified atom stereocenters. The van der Waals surface area contributed by atoms with E-state index in [9.17, 15) is 14.9 Å². The highest BCUT2D eigenvalue weighted by Crippen LogP contribution is 2.36. The van der Waals surface area contributed by atoms with Gasteiger partial charge in [0.05, 0.1) is 26.5 Å². The van der Waals surface area contributed by atoms with Crippen molar-refractivity contribution in [3.05, 3.63) is 83.8 Å². The number of nitro groups is 1. The molecule has 0 atom stereocenters. The summed E-state index contributed by atoms with van der Waals surface area (Å²) < 4.78 is 7.77. The molecule has 0 aliphatic carbocycles. The van der Waals surface area contributed by atoms with Crippen LogP contribution in [0.2, 0.25) is 0 Å². The maximum absolute atomic E-state index is 13.1. The lowest BCUT2D eigenvalue weighted by Gasteiger charge is -2.12. The first-order valence-corrected chi connectivity index (χ1v) is 10.8. The minimum Gasteiger partial charge on any atom is -0.482 e. The highest BCUT2D eigenvalue weighted by molar-refractivity contribution is 9.10. The minimum atomic E-state index is -0.540. The molecule has 0 aliphatic heterocycles. The number of benzene rings is 2. The number of hydrogen-bond acceptors (Lipinski definition) is 6. The Morgan fingerprint density at radius 3 is 2.71 bits per heavy atom. The Morgan fingerprint density at radius 1 is 1.32 bits per heavy atom. The van der Waals surface area contributed by atoms with Gasteiger partial charge in [-0.1, -0.05) is 42.4 Å². The summed E-state index contributed by atoms with van der Waals surface area (Å²) in [6.07, 6.45) is 2.88. The summed E-state index contributed by atoms with van der Waals surface area (Å²) in [5, 5.41) is 16.2. The Hall–Kier alpha value is -2.85. The van der Waals surface area contributed by atoms with E-state index in [0.29, 0.717) is 26.8 Å². The Labute approximate surface area is 194 Å². The number of nitro benzene ring substituents is 1. The Kier molecular flexibility index (Phi) is 7.01. The predicted molar refractivity (Wildman–Crippen MR) is 127 cm³/mol. The third kappa shape index (κ3) is 4.91. The molecular formula is C21H18Br2N4O4. The molecule has 3 rings (SSSR count). The van der Waals surface area contributed by atoms with E-state index in [0.717, 1.165) is 4.47 Å². The van der Waals surface area contributed by atoms with Gasteiger partial charge < -0.3 is 4.74 Å². The molecule has 31 heavy (non-hydrogen) atoms. The molecule has 0 amide bonds. The molecule has 160 valence electrons. The summed E-state index contributed by atoms with van der Waals surface area (Å²) in [6.45, 7) is 7.49. The van der Waals surface area contributed by atoms with Crippen molar-refractivity contribution in [1.82, 2.24) is 9.66 Å². The second kappa shape index (κ2) is 9.52. The zero-order valence-corrected chi connectivity index (χ0v) is 19.9. The normalized spacial score (nSPS) is 11.4. The highest BCUT2D eigenvalue weighted by Gasteiger charge is 2.20. The molecule has 0 aliphatic rings. The standard InChI is InChI=1S/C21H18Br2N4O4/c1-4-7-31-19-16(23)8-13(9-18(19)27(29)30)11-24-26-20(12(2)3)25-17-6-5-14(22)10-15(17)21(26)28/h4-6,8-12H,1,7H2,2-3H3. The lowest BCUT2D eigenvalue weighted by Crippen LogP contribution is -2.23. The van der Waals surface area contributed by atoms with Crippen molar-refractivity contribution >= 4 is 54.7 Å². The summed E-state index contributed by atoms with van der Waals surface area (Å²) in [4.78, 5) is 28.6. The second-order valence-electron chi connectivity index (χ2n) is 6.86. The van der Waals surface area contributed by atoms with Crippen LogP contribution in [0, 0.1) is 10.1 Å². The van der Waals surface area contributed by atoms with Gasteiger partial charge in [0.15, 0.2) is 0 Å². The average molecular weight is 550 g/mol. The molecular weight excluding hydrogens is 532 g/mol.